The maximum atomic E-state index is 13.8. The topological polar surface area (TPSA) is 110 Å². The Balaban J connectivity index is 1.68. The van der Waals surface area contributed by atoms with Crippen LogP contribution in [-0.4, -0.2) is 73.2 Å². The van der Waals surface area contributed by atoms with Crippen molar-refractivity contribution in [3.8, 4) is 5.82 Å². The van der Waals surface area contributed by atoms with Gasteiger partial charge in [-0.1, -0.05) is 23.2 Å². The summed E-state index contributed by atoms with van der Waals surface area (Å²) in [4.78, 5) is 23.7. The lowest BCUT2D eigenvalue weighted by Gasteiger charge is -2.26. The smallest absolute Gasteiger partial charge is 0.327 e. The van der Waals surface area contributed by atoms with Crippen LogP contribution in [0.1, 0.15) is 20.8 Å². The van der Waals surface area contributed by atoms with E-state index in [1.54, 1.807) is 51.4 Å². The Labute approximate surface area is 249 Å². The Morgan fingerprint density at radius 1 is 1.02 bits per heavy atom. The Bertz CT molecular complexity index is 1630. The Morgan fingerprint density at radius 2 is 1.73 bits per heavy atom. The minimum atomic E-state index is -4.26. The number of halogens is 2. The molecule has 0 saturated heterocycles. The minimum Gasteiger partial charge on any atom is -0.459 e. The molecule has 2 aromatic heterocycles. The molecular weight excluding hydrogens is 587 g/mol. The molecule has 4 rings (SSSR count). The second-order valence-corrected chi connectivity index (χ2v) is 13.4. The SMILES string of the molecule is CN(C)CCNc1cnc(-n2ccc3cc(N(CC(=O)OC(C)(C)C)S(=O)(=O)c4cc(Cl)cc(Cl)c4)ccc32)cn1. The van der Waals surface area contributed by atoms with Crippen molar-refractivity contribution < 1.29 is 17.9 Å². The highest BCUT2D eigenvalue weighted by Crippen LogP contribution is 2.31. The van der Waals surface area contributed by atoms with E-state index in [0.29, 0.717) is 11.6 Å². The summed E-state index contributed by atoms with van der Waals surface area (Å²) in [6, 6.07) is 10.9. The van der Waals surface area contributed by atoms with E-state index in [0.717, 1.165) is 28.3 Å². The van der Waals surface area contributed by atoms with Gasteiger partial charge in [-0.2, -0.15) is 0 Å². The summed E-state index contributed by atoms with van der Waals surface area (Å²) in [5.74, 6) is 0.553. The number of carbonyl (C=O) groups excluding carboxylic acids is 1. The van der Waals surface area contributed by atoms with E-state index >= 15 is 0 Å². The van der Waals surface area contributed by atoms with Gasteiger partial charge in [-0.25, -0.2) is 18.4 Å². The normalized spacial score (nSPS) is 12.1. The monoisotopic (exact) mass is 618 g/mol. The van der Waals surface area contributed by atoms with Crippen LogP contribution in [0.25, 0.3) is 16.7 Å². The maximum Gasteiger partial charge on any atom is 0.327 e. The van der Waals surface area contributed by atoms with E-state index in [4.69, 9.17) is 27.9 Å². The van der Waals surface area contributed by atoms with Crippen LogP contribution in [0.2, 0.25) is 10.0 Å². The van der Waals surface area contributed by atoms with Crippen molar-refractivity contribution in [3.05, 3.63) is 71.1 Å². The molecule has 2 heterocycles. The maximum absolute atomic E-state index is 13.8. The van der Waals surface area contributed by atoms with Crippen LogP contribution >= 0.6 is 23.2 Å². The summed E-state index contributed by atoms with van der Waals surface area (Å²) in [5.41, 5.74) is 0.242. The van der Waals surface area contributed by atoms with Gasteiger partial charge >= 0.3 is 5.97 Å². The molecule has 0 aliphatic carbocycles. The highest BCUT2D eigenvalue weighted by atomic mass is 35.5. The number of hydrogen-bond donors (Lipinski definition) is 1. The third-order valence-electron chi connectivity index (χ3n) is 5.83. The average molecular weight is 620 g/mol. The first-order valence-corrected chi connectivity index (χ1v) is 15.0. The predicted molar refractivity (Wildman–Crippen MR) is 163 cm³/mol. The zero-order chi connectivity index (χ0) is 29.9. The summed E-state index contributed by atoms with van der Waals surface area (Å²) in [5, 5.41) is 4.26. The van der Waals surface area contributed by atoms with E-state index in [1.165, 1.54) is 18.2 Å². The molecule has 0 unspecified atom stereocenters. The molecule has 0 amide bonds. The fourth-order valence-corrected chi connectivity index (χ4v) is 6.17. The molecular formula is C28H32Cl2N6O4S. The van der Waals surface area contributed by atoms with Gasteiger partial charge in [0.2, 0.25) is 0 Å². The number of esters is 1. The number of carbonyl (C=O) groups is 1. The first-order chi connectivity index (χ1) is 19.2. The number of hydrogen-bond acceptors (Lipinski definition) is 8. The van der Waals surface area contributed by atoms with E-state index in [1.807, 2.05) is 30.9 Å². The number of benzene rings is 2. The van der Waals surface area contributed by atoms with E-state index in [-0.39, 0.29) is 20.6 Å². The second-order valence-electron chi connectivity index (χ2n) is 10.6. The van der Waals surface area contributed by atoms with Crippen LogP contribution in [0.5, 0.6) is 0 Å². The van der Waals surface area contributed by atoms with Crippen LogP contribution in [0.3, 0.4) is 0 Å². The number of anilines is 2. The molecule has 0 aliphatic heterocycles. The van der Waals surface area contributed by atoms with Gasteiger partial charge in [0.05, 0.1) is 28.5 Å². The Morgan fingerprint density at radius 3 is 2.34 bits per heavy atom. The zero-order valence-corrected chi connectivity index (χ0v) is 25.8. The summed E-state index contributed by atoms with van der Waals surface area (Å²) >= 11 is 12.2. The van der Waals surface area contributed by atoms with E-state index in [9.17, 15) is 13.2 Å². The molecule has 0 radical (unpaired) electrons. The van der Waals surface area contributed by atoms with Crippen molar-refractivity contribution in [1.82, 2.24) is 19.4 Å². The van der Waals surface area contributed by atoms with Gasteiger partial charge in [-0.15, -0.1) is 0 Å². The highest BCUT2D eigenvalue weighted by Gasteiger charge is 2.30. The van der Waals surface area contributed by atoms with Gasteiger partial charge < -0.3 is 15.0 Å². The number of rotatable bonds is 10. The quantitative estimate of drug-likeness (QED) is 0.240. The van der Waals surface area contributed by atoms with Crippen LogP contribution in [0, 0.1) is 0 Å². The van der Waals surface area contributed by atoms with Crippen molar-refractivity contribution in [2.75, 3.05) is 43.4 Å². The van der Waals surface area contributed by atoms with Crippen molar-refractivity contribution in [3.63, 3.8) is 0 Å². The fourth-order valence-electron chi connectivity index (χ4n) is 4.04. The van der Waals surface area contributed by atoms with Crippen LogP contribution in [0.4, 0.5) is 11.5 Å². The first-order valence-electron chi connectivity index (χ1n) is 12.8. The number of nitrogens with zero attached hydrogens (tertiary/aromatic N) is 5. The average Bonchev–Trinajstić information content (AvgIpc) is 3.29. The molecule has 10 nitrogen and oxygen atoms in total. The highest BCUT2D eigenvalue weighted by molar-refractivity contribution is 7.92. The summed E-state index contributed by atoms with van der Waals surface area (Å²) in [6.45, 7) is 6.18. The Kier molecular flexibility index (Phi) is 9.13. The second kappa shape index (κ2) is 12.2. The molecule has 0 bridgehead atoms. The molecule has 1 N–H and O–H groups in total. The third kappa shape index (κ3) is 7.68. The number of likely N-dealkylation sites (N-methyl/N-ethyl adjacent to an activating group) is 1. The molecule has 4 aromatic rings. The number of ether oxygens (including phenoxy) is 1. The molecule has 2 aromatic carbocycles. The molecule has 0 saturated carbocycles. The molecule has 218 valence electrons. The van der Waals surface area contributed by atoms with Crippen LogP contribution in [-0.2, 0) is 19.6 Å². The van der Waals surface area contributed by atoms with Crippen molar-refractivity contribution in [1.29, 1.82) is 0 Å². The molecule has 0 atom stereocenters. The van der Waals surface area contributed by atoms with Crippen LogP contribution < -0.4 is 9.62 Å². The predicted octanol–water partition coefficient (Wildman–Crippen LogP) is 5.24. The number of sulfonamides is 1. The van der Waals surface area contributed by atoms with E-state index in [2.05, 4.69) is 20.2 Å². The van der Waals surface area contributed by atoms with Gasteiger partial charge in [0.15, 0.2) is 5.82 Å². The zero-order valence-electron chi connectivity index (χ0n) is 23.4. The molecule has 0 aliphatic rings. The molecule has 41 heavy (non-hydrogen) atoms. The summed E-state index contributed by atoms with van der Waals surface area (Å²) < 4.78 is 35.9. The van der Waals surface area contributed by atoms with Gasteiger partial charge in [0.1, 0.15) is 18.0 Å². The third-order valence-corrected chi connectivity index (χ3v) is 8.02. The van der Waals surface area contributed by atoms with Gasteiger partial charge in [-0.3, -0.25) is 13.7 Å². The lowest BCUT2D eigenvalue weighted by Crippen LogP contribution is -2.39. The largest absolute Gasteiger partial charge is 0.459 e. The molecule has 0 fully saturated rings. The number of nitrogens with one attached hydrogen (secondary N) is 1. The van der Waals surface area contributed by atoms with Gasteiger partial charge in [0.25, 0.3) is 10.0 Å². The standard InChI is InChI=1S/C28H32Cl2N6O4S/c1-28(2,3)40-27(37)18-36(41(38,39)23-14-20(29)13-21(30)15-23)22-6-7-24-19(12-22)8-10-35(24)26-17-32-25(16-33-26)31-9-11-34(4)5/h6-8,10,12-17H,9,11,18H2,1-5H3,(H,31,32). The van der Waals surface area contributed by atoms with Crippen LogP contribution in [0.15, 0.2) is 66.0 Å². The van der Waals surface area contributed by atoms with Crippen molar-refractivity contribution in [2.24, 2.45) is 0 Å². The first kappa shape index (κ1) is 30.6. The number of fused-ring (bicyclic) bond motifs is 1. The lowest BCUT2D eigenvalue weighted by molar-refractivity contribution is -0.152. The van der Waals surface area contributed by atoms with E-state index < -0.39 is 28.1 Å². The summed E-state index contributed by atoms with van der Waals surface area (Å²) in [7, 11) is -0.261. The minimum absolute atomic E-state index is 0.147. The lowest BCUT2D eigenvalue weighted by atomic mass is 10.2. The molecule has 13 heteroatoms. The van der Waals surface area contributed by atoms with Crippen molar-refractivity contribution >= 4 is 61.6 Å². The number of aromatic nitrogens is 3. The van der Waals surface area contributed by atoms with Crippen molar-refractivity contribution in [2.45, 2.75) is 31.3 Å². The molecule has 0 spiro atoms. The summed E-state index contributed by atoms with van der Waals surface area (Å²) in [6.07, 6.45) is 5.14. The van der Waals surface area contributed by atoms with Gasteiger partial charge in [0, 0.05) is 34.7 Å². The Hall–Kier alpha value is -3.38. The fraction of sp³-hybridized carbons (Fsp3) is 0.321. The van der Waals surface area contributed by atoms with Gasteiger partial charge in [-0.05, 0) is 77.3 Å².